The molecule has 0 saturated heterocycles. The Morgan fingerprint density at radius 2 is 2.10 bits per heavy atom. The minimum Gasteiger partial charge on any atom is -0.354 e. The Hall–Kier alpha value is -2.22. The van der Waals surface area contributed by atoms with Crippen LogP contribution in [-0.4, -0.2) is 21.4 Å². The quantitative estimate of drug-likeness (QED) is 0.518. The Morgan fingerprint density at radius 1 is 1.40 bits per heavy atom. The molecule has 1 aromatic carbocycles. The highest BCUT2D eigenvalue weighted by Crippen LogP contribution is 2.29. The zero-order valence-electron chi connectivity index (χ0n) is 10.5. The zero-order chi connectivity index (χ0) is 14.5. The van der Waals surface area contributed by atoms with Crippen LogP contribution in [0.5, 0.6) is 0 Å². The first-order valence-corrected chi connectivity index (χ1v) is 6.60. The Labute approximate surface area is 118 Å². The van der Waals surface area contributed by atoms with Crippen LogP contribution in [-0.2, 0) is 0 Å². The van der Waals surface area contributed by atoms with E-state index in [1.807, 2.05) is 6.92 Å². The maximum Gasteiger partial charge on any atom is 0.269 e. The number of nitrogens with one attached hydrogen (secondary N) is 1. The van der Waals surface area contributed by atoms with E-state index < -0.39 is 10.7 Å². The van der Waals surface area contributed by atoms with Crippen LogP contribution in [0, 0.1) is 15.9 Å². The molecule has 104 valence electrons. The van der Waals surface area contributed by atoms with Crippen molar-refractivity contribution in [3.63, 3.8) is 0 Å². The molecule has 0 unspecified atom stereocenters. The molecule has 0 saturated carbocycles. The van der Waals surface area contributed by atoms with Gasteiger partial charge >= 0.3 is 0 Å². The Bertz CT molecular complexity index is 621. The highest BCUT2D eigenvalue weighted by Gasteiger charge is 2.10. The predicted molar refractivity (Wildman–Crippen MR) is 73.4 cm³/mol. The van der Waals surface area contributed by atoms with Gasteiger partial charge < -0.3 is 5.32 Å². The van der Waals surface area contributed by atoms with Gasteiger partial charge in [0.15, 0.2) is 5.82 Å². The van der Waals surface area contributed by atoms with Crippen LogP contribution < -0.4 is 5.32 Å². The summed E-state index contributed by atoms with van der Waals surface area (Å²) >= 11 is 1.09. The van der Waals surface area contributed by atoms with Crippen molar-refractivity contribution in [3.05, 3.63) is 46.4 Å². The number of halogens is 1. The van der Waals surface area contributed by atoms with Crippen molar-refractivity contribution < 1.29 is 9.31 Å². The number of nitro groups is 1. The monoisotopic (exact) mass is 294 g/mol. The summed E-state index contributed by atoms with van der Waals surface area (Å²) in [6.07, 6.45) is 1.10. The van der Waals surface area contributed by atoms with Gasteiger partial charge in [0.2, 0.25) is 5.95 Å². The standard InChI is InChI=1S/C12H11FN4O2S/c1-2-14-12-15-7-10(13)11(16-12)20-9-5-3-8(4-6-9)17(18)19/h3-7H,2H2,1H3,(H,14,15,16). The molecule has 2 rings (SSSR count). The second-order valence-electron chi connectivity index (χ2n) is 3.73. The molecule has 0 radical (unpaired) electrons. The van der Waals surface area contributed by atoms with E-state index in [0.29, 0.717) is 17.4 Å². The molecule has 20 heavy (non-hydrogen) atoms. The van der Waals surface area contributed by atoms with Crippen LogP contribution in [0.4, 0.5) is 16.0 Å². The number of nitrogens with zero attached hydrogens (tertiary/aromatic N) is 3. The minimum atomic E-state index is -0.532. The first-order chi connectivity index (χ1) is 9.60. The molecule has 0 spiro atoms. The predicted octanol–water partition coefficient (Wildman–Crippen LogP) is 3.11. The maximum absolute atomic E-state index is 13.6. The fraction of sp³-hybridized carbons (Fsp3) is 0.167. The summed E-state index contributed by atoms with van der Waals surface area (Å²) in [5.74, 6) is -0.187. The number of aromatic nitrogens is 2. The van der Waals surface area contributed by atoms with E-state index in [4.69, 9.17) is 0 Å². The molecule has 0 atom stereocenters. The van der Waals surface area contributed by atoms with Gasteiger partial charge in [-0.1, -0.05) is 11.8 Å². The Balaban J connectivity index is 2.20. The summed E-state index contributed by atoms with van der Waals surface area (Å²) in [6, 6.07) is 5.84. The van der Waals surface area contributed by atoms with Crippen LogP contribution in [0.15, 0.2) is 40.4 Å². The highest BCUT2D eigenvalue weighted by molar-refractivity contribution is 7.99. The third kappa shape index (κ3) is 3.41. The first kappa shape index (κ1) is 14.2. The average molecular weight is 294 g/mol. The number of benzene rings is 1. The Kier molecular flexibility index (Phi) is 4.46. The van der Waals surface area contributed by atoms with E-state index in [1.165, 1.54) is 12.1 Å². The van der Waals surface area contributed by atoms with Crippen molar-refractivity contribution in [2.75, 3.05) is 11.9 Å². The number of hydrogen-bond acceptors (Lipinski definition) is 6. The average Bonchev–Trinajstić information content (AvgIpc) is 2.43. The molecule has 0 aliphatic carbocycles. The lowest BCUT2D eigenvalue weighted by Gasteiger charge is -2.05. The lowest BCUT2D eigenvalue weighted by molar-refractivity contribution is -0.384. The van der Waals surface area contributed by atoms with E-state index in [2.05, 4.69) is 15.3 Å². The number of rotatable bonds is 5. The molecule has 0 fully saturated rings. The summed E-state index contributed by atoms with van der Waals surface area (Å²) in [7, 11) is 0. The van der Waals surface area contributed by atoms with E-state index in [1.54, 1.807) is 12.1 Å². The summed E-state index contributed by atoms with van der Waals surface area (Å²) in [5.41, 5.74) is -0.00847. The molecular weight excluding hydrogens is 283 g/mol. The second-order valence-corrected chi connectivity index (χ2v) is 4.79. The normalized spacial score (nSPS) is 10.3. The van der Waals surface area contributed by atoms with E-state index >= 15 is 0 Å². The lowest BCUT2D eigenvalue weighted by atomic mass is 10.3. The molecule has 0 bridgehead atoms. The minimum absolute atomic E-state index is 0.00847. The van der Waals surface area contributed by atoms with Gasteiger partial charge in [-0.05, 0) is 19.1 Å². The third-order valence-corrected chi connectivity index (χ3v) is 3.30. The van der Waals surface area contributed by atoms with Gasteiger partial charge in [0.1, 0.15) is 5.03 Å². The summed E-state index contributed by atoms with van der Waals surface area (Å²) in [6.45, 7) is 2.52. The van der Waals surface area contributed by atoms with Gasteiger partial charge in [0, 0.05) is 23.6 Å². The van der Waals surface area contributed by atoms with Crippen molar-refractivity contribution in [1.29, 1.82) is 0 Å². The van der Waals surface area contributed by atoms with Crippen LogP contribution in [0.2, 0.25) is 0 Å². The fourth-order valence-corrected chi connectivity index (χ4v) is 2.19. The summed E-state index contributed by atoms with van der Waals surface area (Å²) in [4.78, 5) is 18.6. The van der Waals surface area contributed by atoms with Crippen LogP contribution in [0.3, 0.4) is 0 Å². The molecule has 6 nitrogen and oxygen atoms in total. The molecule has 0 aliphatic heterocycles. The van der Waals surface area contributed by atoms with Gasteiger partial charge in [0.05, 0.1) is 11.1 Å². The van der Waals surface area contributed by atoms with Crippen molar-refractivity contribution in [1.82, 2.24) is 9.97 Å². The van der Waals surface area contributed by atoms with Gasteiger partial charge in [-0.2, -0.15) is 0 Å². The van der Waals surface area contributed by atoms with E-state index in [9.17, 15) is 14.5 Å². The SMILES string of the molecule is CCNc1ncc(F)c(Sc2ccc([N+](=O)[O-])cc2)n1. The molecule has 8 heteroatoms. The number of anilines is 1. The van der Waals surface area contributed by atoms with Crippen LogP contribution in [0.25, 0.3) is 0 Å². The Morgan fingerprint density at radius 3 is 2.70 bits per heavy atom. The van der Waals surface area contributed by atoms with Crippen molar-refractivity contribution >= 4 is 23.4 Å². The van der Waals surface area contributed by atoms with Crippen LogP contribution >= 0.6 is 11.8 Å². The highest BCUT2D eigenvalue weighted by atomic mass is 32.2. The number of non-ortho nitro benzene ring substituents is 1. The van der Waals surface area contributed by atoms with Crippen molar-refractivity contribution in [2.24, 2.45) is 0 Å². The lowest BCUT2D eigenvalue weighted by Crippen LogP contribution is -2.03. The number of hydrogen-bond donors (Lipinski definition) is 1. The third-order valence-electron chi connectivity index (χ3n) is 2.31. The smallest absolute Gasteiger partial charge is 0.269 e. The molecule has 1 aromatic heterocycles. The number of nitro benzene ring substituents is 1. The molecule has 0 aliphatic rings. The van der Waals surface area contributed by atoms with Gasteiger partial charge in [-0.25, -0.2) is 14.4 Å². The van der Waals surface area contributed by atoms with Gasteiger partial charge in [0.25, 0.3) is 5.69 Å². The summed E-state index contributed by atoms with van der Waals surface area (Å²) < 4.78 is 13.6. The maximum atomic E-state index is 13.6. The molecule has 1 N–H and O–H groups in total. The fourth-order valence-electron chi connectivity index (χ4n) is 1.41. The molecule has 1 heterocycles. The van der Waals surface area contributed by atoms with Crippen LogP contribution in [0.1, 0.15) is 6.92 Å². The molecule has 0 amide bonds. The first-order valence-electron chi connectivity index (χ1n) is 5.79. The molecule has 2 aromatic rings. The van der Waals surface area contributed by atoms with E-state index in [0.717, 1.165) is 18.0 Å². The zero-order valence-corrected chi connectivity index (χ0v) is 11.4. The molecular formula is C12H11FN4O2S. The second kappa shape index (κ2) is 6.29. The largest absolute Gasteiger partial charge is 0.354 e. The van der Waals surface area contributed by atoms with Gasteiger partial charge in [-0.3, -0.25) is 10.1 Å². The van der Waals surface area contributed by atoms with Crippen molar-refractivity contribution in [3.8, 4) is 0 Å². The topological polar surface area (TPSA) is 81.0 Å². The van der Waals surface area contributed by atoms with Crippen molar-refractivity contribution in [2.45, 2.75) is 16.8 Å². The van der Waals surface area contributed by atoms with Gasteiger partial charge in [-0.15, -0.1) is 0 Å². The van der Waals surface area contributed by atoms with E-state index in [-0.39, 0.29) is 10.7 Å². The summed E-state index contributed by atoms with van der Waals surface area (Å²) in [5, 5.41) is 13.6.